The molecule has 0 unspecified atom stereocenters. The van der Waals surface area contributed by atoms with Crippen LogP contribution in [-0.4, -0.2) is 12.9 Å². The Hall–Kier alpha value is -2.09. The number of ether oxygens (including phenoxy) is 1. The first-order valence-corrected chi connectivity index (χ1v) is 7.36. The third kappa shape index (κ3) is 4.19. The highest BCUT2D eigenvalue weighted by Crippen LogP contribution is 2.18. The number of methoxy groups -OCH3 is 1. The van der Waals surface area contributed by atoms with Gasteiger partial charge >= 0.3 is 0 Å². The number of hydrogen-bond donors (Lipinski definition) is 0. The van der Waals surface area contributed by atoms with Crippen molar-refractivity contribution >= 4 is 5.78 Å². The van der Waals surface area contributed by atoms with Crippen LogP contribution in [0.5, 0.6) is 5.75 Å². The van der Waals surface area contributed by atoms with Gasteiger partial charge in [0.05, 0.1) is 7.11 Å². The lowest BCUT2D eigenvalue weighted by atomic mass is 9.97. The third-order valence-corrected chi connectivity index (χ3v) is 3.65. The quantitative estimate of drug-likeness (QED) is 0.722. The van der Waals surface area contributed by atoms with E-state index in [9.17, 15) is 4.79 Å². The van der Waals surface area contributed by atoms with Gasteiger partial charge in [-0.05, 0) is 35.6 Å². The molecule has 2 aromatic rings. The van der Waals surface area contributed by atoms with Gasteiger partial charge in [-0.15, -0.1) is 0 Å². The molecule has 0 bridgehead atoms. The van der Waals surface area contributed by atoms with Gasteiger partial charge in [-0.1, -0.05) is 50.2 Å². The van der Waals surface area contributed by atoms with E-state index in [4.69, 9.17) is 4.74 Å². The molecule has 2 aromatic carbocycles. The van der Waals surface area contributed by atoms with Crippen LogP contribution < -0.4 is 4.74 Å². The van der Waals surface area contributed by atoms with Crippen LogP contribution in [0.4, 0.5) is 0 Å². The van der Waals surface area contributed by atoms with Crippen LogP contribution >= 0.6 is 0 Å². The summed E-state index contributed by atoms with van der Waals surface area (Å²) in [5, 5.41) is 0. The molecule has 0 atom stereocenters. The molecule has 0 aromatic heterocycles. The fraction of sp³-hybridized carbons (Fsp3) is 0.316. The monoisotopic (exact) mass is 282 g/mol. The molecule has 0 fully saturated rings. The summed E-state index contributed by atoms with van der Waals surface area (Å²) in [7, 11) is 1.61. The molecule has 110 valence electrons. The lowest BCUT2D eigenvalue weighted by molar-refractivity contribution is 0.0982. The highest BCUT2D eigenvalue weighted by atomic mass is 16.5. The van der Waals surface area contributed by atoms with Gasteiger partial charge in [0.2, 0.25) is 0 Å². The number of aryl methyl sites for hydroxylation is 1. The molecule has 0 amide bonds. The minimum atomic E-state index is 0.156. The molecule has 0 heterocycles. The predicted molar refractivity (Wildman–Crippen MR) is 86.2 cm³/mol. The Morgan fingerprint density at radius 1 is 1.10 bits per heavy atom. The summed E-state index contributed by atoms with van der Waals surface area (Å²) in [5.41, 5.74) is 3.26. The van der Waals surface area contributed by atoms with Crippen molar-refractivity contribution in [2.75, 3.05) is 7.11 Å². The fourth-order valence-corrected chi connectivity index (χ4v) is 2.31. The Balaban J connectivity index is 2.02. The number of benzene rings is 2. The van der Waals surface area contributed by atoms with E-state index < -0.39 is 0 Å². The molecule has 0 N–H and O–H groups in total. The summed E-state index contributed by atoms with van der Waals surface area (Å²) in [6, 6.07) is 15.8. The molecule has 0 aliphatic heterocycles. The number of rotatable bonds is 6. The third-order valence-electron chi connectivity index (χ3n) is 3.65. The largest absolute Gasteiger partial charge is 0.497 e. The zero-order chi connectivity index (χ0) is 15.2. The summed E-state index contributed by atoms with van der Waals surface area (Å²) >= 11 is 0. The topological polar surface area (TPSA) is 26.3 Å². The van der Waals surface area contributed by atoms with Crippen molar-refractivity contribution < 1.29 is 9.53 Å². The Bertz CT molecular complexity index is 614. The van der Waals surface area contributed by atoms with Gasteiger partial charge in [0.15, 0.2) is 5.78 Å². The molecule has 0 aliphatic carbocycles. The van der Waals surface area contributed by atoms with Crippen LogP contribution in [0.15, 0.2) is 48.5 Å². The smallest absolute Gasteiger partial charge is 0.163 e. The Morgan fingerprint density at radius 3 is 2.57 bits per heavy atom. The van der Waals surface area contributed by atoms with Crippen LogP contribution in [0.2, 0.25) is 0 Å². The summed E-state index contributed by atoms with van der Waals surface area (Å²) in [6.45, 7) is 4.36. The maximum atomic E-state index is 12.2. The van der Waals surface area contributed by atoms with Gasteiger partial charge in [0, 0.05) is 12.0 Å². The van der Waals surface area contributed by atoms with E-state index in [1.54, 1.807) is 13.2 Å². The van der Waals surface area contributed by atoms with Gasteiger partial charge in [-0.3, -0.25) is 4.79 Å². The lowest BCUT2D eigenvalue weighted by Gasteiger charge is -2.08. The molecule has 21 heavy (non-hydrogen) atoms. The van der Waals surface area contributed by atoms with Gasteiger partial charge in [0.25, 0.3) is 0 Å². The van der Waals surface area contributed by atoms with Gasteiger partial charge in [0.1, 0.15) is 5.75 Å². The first kappa shape index (κ1) is 15.3. The molecule has 0 saturated carbocycles. The molecular formula is C19H22O2. The van der Waals surface area contributed by atoms with Crippen molar-refractivity contribution in [3.8, 4) is 5.75 Å². The van der Waals surface area contributed by atoms with Gasteiger partial charge in [-0.25, -0.2) is 0 Å². The van der Waals surface area contributed by atoms with Gasteiger partial charge < -0.3 is 4.74 Å². The van der Waals surface area contributed by atoms with E-state index in [0.717, 1.165) is 17.7 Å². The van der Waals surface area contributed by atoms with Crippen LogP contribution in [0.1, 0.15) is 47.7 Å². The highest BCUT2D eigenvalue weighted by Gasteiger charge is 2.08. The second-order valence-corrected chi connectivity index (χ2v) is 5.55. The fourth-order valence-electron chi connectivity index (χ4n) is 2.31. The Kier molecular flexibility index (Phi) is 5.15. The average molecular weight is 282 g/mol. The normalized spacial score (nSPS) is 10.7. The van der Waals surface area contributed by atoms with Crippen LogP contribution in [0, 0.1) is 0 Å². The van der Waals surface area contributed by atoms with Crippen molar-refractivity contribution in [2.45, 2.75) is 32.6 Å². The van der Waals surface area contributed by atoms with Gasteiger partial charge in [-0.2, -0.15) is 0 Å². The standard InChI is InChI=1S/C19H22O2/c1-14(2)16-7-4-6-15(12-16)10-11-19(20)17-8-5-9-18(13-17)21-3/h4-9,12-14H,10-11H2,1-3H3. The van der Waals surface area contributed by atoms with Crippen LogP contribution in [0.25, 0.3) is 0 Å². The lowest BCUT2D eigenvalue weighted by Crippen LogP contribution is -2.02. The summed E-state index contributed by atoms with van der Waals surface area (Å²) < 4.78 is 5.16. The van der Waals surface area contributed by atoms with E-state index in [2.05, 4.69) is 38.1 Å². The van der Waals surface area contributed by atoms with E-state index in [0.29, 0.717) is 12.3 Å². The minimum absolute atomic E-state index is 0.156. The molecule has 2 rings (SSSR count). The second kappa shape index (κ2) is 7.07. The SMILES string of the molecule is COc1cccc(C(=O)CCc2cccc(C(C)C)c2)c1. The second-order valence-electron chi connectivity index (χ2n) is 5.55. The first-order chi connectivity index (χ1) is 10.1. The Morgan fingerprint density at radius 2 is 1.86 bits per heavy atom. The van der Waals surface area contributed by atoms with Crippen molar-refractivity contribution in [2.24, 2.45) is 0 Å². The number of hydrogen-bond acceptors (Lipinski definition) is 2. The van der Waals surface area contributed by atoms with Crippen molar-refractivity contribution in [1.82, 2.24) is 0 Å². The molecule has 2 nitrogen and oxygen atoms in total. The maximum Gasteiger partial charge on any atom is 0.163 e. The van der Waals surface area contributed by atoms with E-state index in [1.807, 2.05) is 18.2 Å². The van der Waals surface area contributed by atoms with Crippen molar-refractivity contribution in [3.63, 3.8) is 0 Å². The number of ketones is 1. The highest BCUT2D eigenvalue weighted by molar-refractivity contribution is 5.96. The van der Waals surface area contributed by atoms with E-state index in [1.165, 1.54) is 11.1 Å². The summed E-state index contributed by atoms with van der Waals surface area (Å²) in [4.78, 5) is 12.2. The molecular weight excluding hydrogens is 260 g/mol. The van der Waals surface area contributed by atoms with E-state index in [-0.39, 0.29) is 5.78 Å². The van der Waals surface area contributed by atoms with Crippen molar-refractivity contribution in [1.29, 1.82) is 0 Å². The number of carbonyl (C=O) groups is 1. The zero-order valence-corrected chi connectivity index (χ0v) is 12.9. The molecule has 0 radical (unpaired) electrons. The number of carbonyl (C=O) groups excluding carboxylic acids is 1. The van der Waals surface area contributed by atoms with Crippen LogP contribution in [0.3, 0.4) is 0 Å². The van der Waals surface area contributed by atoms with Crippen LogP contribution in [-0.2, 0) is 6.42 Å². The molecule has 0 aliphatic rings. The maximum absolute atomic E-state index is 12.2. The minimum Gasteiger partial charge on any atom is -0.497 e. The Labute approximate surface area is 126 Å². The van der Waals surface area contributed by atoms with Crippen molar-refractivity contribution in [3.05, 3.63) is 65.2 Å². The average Bonchev–Trinajstić information content (AvgIpc) is 2.53. The zero-order valence-electron chi connectivity index (χ0n) is 12.9. The summed E-state index contributed by atoms with van der Waals surface area (Å²) in [6.07, 6.45) is 1.30. The summed E-state index contributed by atoms with van der Waals surface area (Å²) in [5.74, 6) is 1.39. The van der Waals surface area contributed by atoms with E-state index >= 15 is 0 Å². The molecule has 0 saturated heterocycles. The molecule has 2 heteroatoms. The molecule has 0 spiro atoms. The predicted octanol–water partition coefficient (Wildman–Crippen LogP) is 4.63. The number of Topliss-reactive ketones (excluding diaryl/α,β-unsaturated/α-hetero) is 1. The first-order valence-electron chi connectivity index (χ1n) is 7.36.